The van der Waals surface area contributed by atoms with Crippen molar-refractivity contribution in [1.82, 2.24) is 0 Å². The van der Waals surface area contributed by atoms with Crippen LogP contribution < -0.4 is 0 Å². The highest BCUT2D eigenvalue weighted by Crippen LogP contribution is 2.67. The van der Waals surface area contributed by atoms with E-state index in [9.17, 15) is 13.2 Å². The van der Waals surface area contributed by atoms with Crippen LogP contribution in [0.3, 0.4) is 0 Å². The lowest BCUT2D eigenvalue weighted by Crippen LogP contribution is -2.50. The zero-order chi connectivity index (χ0) is 22.7. The van der Waals surface area contributed by atoms with Crippen LogP contribution in [0.5, 0.6) is 0 Å². The predicted octanol–water partition coefficient (Wildman–Crippen LogP) is 6.24. The maximum Gasteiger partial charge on any atom is 0.178 e. The minimum Gasteiger partial charge on any atom is -0.299 e. The van der Waals surface area contributed by atoms with E-state index in [2.05, 4.69) is 26.8 Å². The molecule has 174 valence electrons. The molecule has 3 saturated carbocycles. The number of hydrogen-bond donors (Lipinski definition) is 0. The van der Waals surface area contributed by atoms with E-state index in [-0.39, 0.29) is 22.5 Å². The Bertz CT molecular complexity index is 1030. The topological polar surface area (TPSA) is 51.2 Å². The highest BCUT2D eigenvalue weighted by molar-refractivity contribution is 7.91. The predicted molar refractivity (Wildman–Crippen MR) is 128 cm³/mol. The van der Waals surface area contributed by atoms with E-state index in [1.165, 1.54) is 24.8 Å². The van der Waals surface area contributed by atoms with Crippen molar-refractivity contribution in [2.75, 3.05) is 5.75 Å². The highest BCUT2D eigenvalue weighted by atomic mass is 32.2. The molecule has 1 aromatic rings. The summed E-state index contributed by atoms with van der Waals surface area (Å²) in [6.45, 7) is 7.09. The number of hydrogen-bond acceptors (Lipinski definition) is 3. The molecule has 0 N–H and O–H groups in total. The number of carbonyl (C=O) groups is 1. The van der Waals surface area contributed by atoms with Gasteiger partial charge in [-0.3, -0.25) is 4.79 Å². The highest BCUT2D eigenvalue weighted by Gasteiger charge is 2.59. The number of carbonyl (C=O) groups excluding carboxylic acids is 1. The van der Waals surface area contributed by atoms with E-state index >= 15 is 0 Å². The van der Waals surface area contributed by atoms with Gasteiger partial charge in [-0.1, -0.05) is 50.6 Å². The second-order valence-electron chi connectivity index (χ2n) is 11.8. The van der Waals surface area contributed by atoms with Gasteiger partial charge in [0, 0.05) is 12.8 Å². The van der Waals surface area contributed by atoms with Crippen LogP contribution in [0.15, 0.2) is 46.9 Å². The zero-order valence-electron chi connectivity index (χ0n) is 19.8. The Balaban J connectivity index is 1.37. The largest absolute Gasteiger partial charge is 0.299 e. The van der Waals surface area contributed by atoms with Gasteiger partial charge < -0.3 is 0 Å². The molecule has 0 radical (unpaired) electrons. The van der Waals surface area contributed by atoms with E-state index in [1.54, 1.807) is 12.1 Å². The fourth-order valence-electron chi connectivity index (χ4n) is 8.64. The number of rotatable bonds is 4. The lowest BCUT2D eigenvalue weighted by Gasteiger charge is -2.58. The quantitative estimate of drug-likeness (QED) is 0.506. The van der Waals surface area contributed by atoms with Gasteiger partial charge >= 0.3 is 0 Å². The Morgan fingerprint density at radius 2 is 1.78 bits per heavy atom. The van der Waals surface area contributed by atoms with Crippen molar-refractivity contribution >= 4 is 15.6 Å². The van der Waals surface area contributed by atoms with Crippen LogP contribution in [0.2, 0.25) is 0 Å². The Morgan fingerprint density at radius 1 is 1.03 bits per heavy atom. The van der Waals surface area contributed by atoms with Crippen LogP contribution in [-0.4, -0.2) is 20.0 Å². The van der Waals surface area contributed by atoms with Gasteiger partial charge in [0.1, 0.15) is 5.78 Å². The van der Waals surface area contributed by atoms with Gasteiger partial charge in [-0.2, -0.15) is 0 Å². The lowest BCUT2D eigenvalue weighted by molar-refractivity contribution is -0.122. The van der Waals surface area contributed by atoms with E-state index < -0.39 is 9.84 Å². The SMILES string of the molecule is C[C@H](CS(=O)(=O)c1ccccc1)[C@H]1CC[C@H]2[C@@H]3CC=C4CC(=O)CC[C@]4(C)[C@H]3CC[C@]12C. The van der Waals surface area contributed by atoms with Crippen LogP contribution >= 0.6 is 0 Å². The third-order valence-electron chi connectivity index (χ3n) is 10.3. The van der Waals surface area contributed by atoms with Crippen LogP contribution in [0.4, 0.5) is 0 Å². The summed E-state index contributed by atoms with van der Waals surface area (Å²) in [7, 11) is -3.26. The molecule has 5 rings (SSSR count). The molecule has 0 heterocycles. The Hall–Kier alpha value is -1.42. The van der Waals surface area contributed by atoms with E-state index in [0.717, 1.165) is 25.7 Å². The fraction of sp³-hybridized carbons (Fsp3) is 0.679. The molecule has 1 aromatic carbocycles. The maximum absolute atomic E-state index is 13.1. The first-order chi connectivity index (χ1) is 15.1. The number of Topliss-reactive ketones (excluding diaryl/α,β-unsaturated/α-hetero) is 1. The molecule has 4 aliphatic carbocycles. The Kier molecular flexibility index (Phi) is 5.47. The van der Waals surface area contributed by atoms with Gasteiger partial charge in [-0.15, -0.1) is 0 Å². The minimum absolute atomic E-state index is 0.171. The third kappa shape index (κ3) is 3.43. The Labute approximate surface area is 194 Å². The molecule has 3 nitrogen and oxygen atoms in total. The molecule has 32 heavy (non-hydrogen) atoms. The molecule has 0 saturated heterocycles. The molecule has 3 fully saturated rings. The lowest BCUT2D eigenvalue weighted by atomic mass is 9.47. The molecule has 0 aliphatic heterocycles. The van der Waals surface area contributed by atoms with Crippen molar-refractivity contribution in [3.63, 3.8) is 0 Å². The summed E-state index contributed by atoms with van der Waals surface area (Å²) in [6, 6.07) is 8.96. The van der Waals surface area contributed by atoms with Gasteiger partial charge in [-0.25, -0.2) is 8.42 Å². The first kappa shape index (κ1) is 22.4. The van der Waals surface area contributed by atoms with Gasteiger partial charge in [0.2, 0.25) is 0 Å². The van der Waals surface area contributed by atoms with Crippen LogP contribution in [-0.2, 0) is 14.6 Å². The van der Waals surface area contributed by atoms with Crippen molar-refractivity contribution in [3.05, 3.63) is 42.0 Å². The van der Waals surface area contributed by atoms with Gasteiger partial charge in [0.05, 0.1) is 10.6 Å². The summed E-state index contributed by atoms with van der Waals surface area (Å²) < 4.78 is 26.2. The number of benzene rings is 1. The molecule has 0 amide bonds. The molecule has 7 atom stereocenters. The molecule has 0 spiro atoms. The summed E-state index contributed by atoms with van der Waals surface area (Å²) in [4.78, 5) is 12.6. The fourth-order valence-corrected chi connectivity index (χ4v) is 10.3. The Morgan fingerprint density at radius 3 is 2.53 bits per heavy atom. The van der Waals surface area contributed by atoms with Crippen molar-refractivity contribution in [1.29, 1.82) is 0 Å². The second kappa shape index (κ2) is 7.82. The average molecular weight is 455 g/mol. The minimum atomic E-state index is -3.26. The van der Waals surface area contributed by atoms with Crippen molar-refractivity contribution in [3.8, 4) is 0 Å². The van der Waals surface area contributed by atoms with Crippen LogP contribution in [0.1, 0.15) is 72.1 Å². The summed E-state index contributed by atoms with van der Waals surface area (Å²) in [6.07, 6.45) is 10.8. The molecular weight excluding hydrogens is 416 g/mol. The van der Waals surface area contributed by atoms with Gasteiger partial charge in [0.15, 0.2) is 9.84 Å². The smallest absolute Gasteiger partial charge is 0.178 e. The van der Waals surface area contributed by atoms with Gasteiger partial charge in [-0.05, 0) is 91.1 Å². The first-order valence-corrected chi connectivity index (χ1v) is 14.3. The molecule has 0 bridgehead atoms. The standard InChI is InChI=1S/C28H38O3S/c1-19(18-32(30,31)22-7-5-4-6-8-22)24-11-12-25-23-10-9-20-17-21(29)13-15-27(20,2)26(23)14-16-28(24,25)3/h4-9,19,23-26H,10-18H2,1-3H3/t19-,23+,24-,25+,26+,27+,28-/m1/s1. The molecule has 0 unspecified atom stereocenters. The zero-order valence-corrected chi connectivity index (χ0v) is 20.7. The monoisotopic (exact) mass is 454 g/mol. The second-order valence-corrected chi connectivity index (χ2v) is 13.8. The average Bonchev–Trinajstić information content (AvgIpc) is 3.12. The first-order valence-electron chi connectivity index (χ1n) is 12.6. The third-order valence-corrected chi connectivity index (χ3v) is 12.2. The van der Waals surface area contributed by atoms with Crippen LogP contribution in [0.25, 0.3) is 0 Å². The maximum atomic E-state index is 13.1. The van der Waals surface area contributed by atoms with Crippen molar-refractivity contribution < 1.29 is 13.2 Å². The number of sulfone groups is 1. The summed E-state index contributed by atoms with van der Waals surface area (Å²) in [5, 5.41) is 0. The molecular formula is C28H38O3S. The van der Waals surface area contributed by atoms with Crippen molar-refractivity contribution in [2.45, 2.75) is 77.0 Å². The van der Waals surface area contributed by atoms with E-state index in [0.29, 0.717) is 40.8 Å². The van der Waals surface area contributed by atoms with Gasteiger partial charge in [0.25, 0.3) is 0 Å². The molecule has 4 heteroatoms. The number of fused-ring (bicyclic) bond motifs is 5. The number of ketones is 1. The van der Waals surface area contributed by atoms with Crippen molar-refractivity contribution in [2.24, 2.45) is 40.4 Å². The molecule has 0 aromatic heterocycles. The van der Waals surface area contributed by atoms with Crippen LogP contribution in [0, 0.1) is 40.4 Å². The summed E-state index contributed by atoms with van der Waals surface area (Å²) >= 11 is 0. The number of allylic oxidation sites excluding steroid dienone is 2. The normalized spacial score (nSPS) is 40.1. The van der Waals surface area contributed by atoms with E-state index in [4.69, 9.17) is 0 Å². The summed E-state index contributed by atoms with van der Waals surface area (Å²) in [5.41, 5.74) is 1.87. The summed E-state index contributed by atoms with van der Waals surface area (Å²) in [5.74, 6) is 3.38. The molecule has 4 aliphatic rings. The van der Waals surface area contributed by atoms with E-state index in [1.807, 2.05) is 18.2 Å².